The van der Waals surface area contributed by atoms with Crippen LogP contribution < -0.4 is 10.1 Å². The van der Waals surface area contributed by atoms with Crippen molar-refractivity contribution < 1.29 is 9.53 Å². The lowest BCUT2D eigenvalue weighted by Crippen LogP contribution is -2.12. The third-order valence-electron chi connectivity index (χ3n) is 3.50. The number of nitrogens with one attached hydrogen (secondary N) is 1. The zero-order valence-electron chi connectivity index (χ0n) is 13.2. The summed E-state index contributed by atoms with van der Waals surface area (Å²) in [6.07, 6.45) is 0.118. The molecule has 3 rings (SSSR count). The number of carbonyl (C=O) groups is 1. The molecule has 0 heterocycles. The van der Waals surface area contributed by atoms with Crippen molar-refractivity contribution in [2.75, 3.05) is 5.32 Å². The summed E-state index contributed by atoms with van der Waals surface area (Å²) in [5.74, 6) is 0.638. The third-order valence-corrected chi connectivity index (χ3v) is 3.50. The summed E-state index contributed by atoms with van der Waals surface area (Å²) < 4.78 is 5.58. The van der Waals surface area contributed by atoms with E-state index in [1.165, 1.54) is 0 Å². The molecule has 0 aliphatic rings. The van der Waals surface area contributed by atoms with E-state index in [1.54, 1.807) is 12.1 Å². The Labute approximate surface area is 135 Å². The van der Waals surface area contributed by atoms with Gasteiger partial charge >= 0.3 is 0 Å². The molecule has 0 saturated heterocycles. The van der Waals surface area contributed by atoms with Gasteiger partial charge < -0.3 is 10.1 Å². The van der Waals surface area contributed by atoms with Crippen molar-refractivity contribution in [2.45, 2.75) is 20.0 Å². The van der Waals surface area contributed by atoms with Crippen LogP contribution in [0, 0.1) is 0 Å². The molecule has 0 aliphatic carbocycles. The lowest BCUT2D eigenvalue weighted by molar-refractivity contribution is 0.102. The van der Waals surface area contributed by atoms with Crippen molar-refractivity contribution in [3.63, 3.8) is 0 Å². The third kappa shape index (κ3) is 3.69. The summed E-state index contributed by atoms with van der Waals surface area (Å²) >= 11 is 0. The van der Waals surface area contributed by atoms with Gasteiger partial charge in [-0.15, -0.1) is 0 Å². The van der Waals surface area contributed by atoms with E-state index >= 15 is 0 Å². The summed E-state index contributed by atoms with van der Waals surface area (Å²) in [4.78, 5) is 12.3. The summed E-state index contributed by atoms with van der Waals surface area (Å²) in [6.45, 7) is 3.95. The molecule has 0 aliphatic heterocycles. The number of rotatable bonds is 4. The topological polar surface area (TPSA) is 38.3 Å². The predicted molar refractivity (Wildman–Crippen MR) is 94.1 cm³/mol. The first-order valence-electron chi connectivity index (χ1n) is 7.69. The van der Waals surface area contributed by atoms with Crippen molar-refractivity contribution in [2.24, 2.45) is 0 Å². The van der Waals surface area contributed by atoms with E-state index in [4.69, 9.17) is 4.74 Å². The fraction of sp³-hybridized carbons (Fsp3) is 0.150. The number of ether oxygens (including phenoxy) is 1. The van der Waals surface area contributed by atoms with Crippen LogP contribution in [0.4, 0.5) is 5.69 Å². The Hall–Kier alpha value is -2.81. The smallest absolute Gasteiger partial charge is 0.255 e. The lowest BCUT2D eigenvalue weighted by atomic mass is 10.1. The average Bonchev–Trinajstić information content (AvgIpc) is 2.55. The molecule has 1 N–H and O–H groups in total. The summed E-state index contributed by atoms with van der Waals surface area (Å²) in [5.41, 5.74) is 1.39. The molecule has 1 amide bonds. The van der Waals surface area contributed by atoms with Crippen LogP contribution in [0.25, 0.3) is 10.8 Å². The molecule has 0 bridgehead atoms. The molecule has 3 aromatic rings. The van der Waals surface area contributed by atoms with Crippen LogP contribution >= 0.6 is 0 Å². The van der Waals surface area contributed by atoms with Gasteiger partial charge in [-0.25, -0.2) is 0 Å². The van der Waals surface area contributed by atoms with E-state index in [-0.39, 0.29) is 12.0 Å². The molecule has 3 heteroatoms. The highest BCUT2D eigenvalue weighted by molar-refractivity contribution is 6.05. The summed E-state index contributed by atoms with van der Waals surface area (Å²) in [7, 11) is 0. The Morgan fingerprint density at radius 2 is 1.61 bits per heavy atom. The highest BCUT2D eigenvalue weighted by Crippen LogP contribution is 2.20. The SMILES string of the molecule is CC(C)Oc1ccc(C(=O)Nc2ccc3ccccc3c2)cc1. The van der Waals surface area contributed by atoms with Gasteiger partial charge in [-0.3, -0.25) is 4.79 Å². The Kier molecular flexibility index (Phi) is 4.29. The molecule has 0 spiro atoms. The first-order chi connectivity index (χ1) is 11.1. The van der Waals surface area contributed by atoms with Gasteiger partial charge in [0.2, 0.25) is 0 Å². The van der Waals surface area contributed by atoms with Gasteiger partial charge in [0, 0.05) is 11.3 Å². The Morgan fingerprint density at radius 3 is 2.30 bits per heavy atom. The van der Waals surface area contributed by atoms with Crippen molar-refractivity contribution >= 4 is 22.4 Å². The van der Waals surface area contributed by atoms with Gasteiger partial charge in [0.1, 0.15) is 5.75 Å². The van der Waals surface area contributed by atoms with Crippen molar-refractivity contribution in [1.29, 1.82) is 0 Å². The van der Waals surface area contributed by atoms with Gasteiger partial charge in [-0.05, 0) is 61.0 Å². The Bertz CT molecular complexity index is 822. The molecule has 0 fully saturated rings. The number of fused-ring (bicyclic) bond motifs is 1. The van der Waals surface area contributed by atoms with E-state index in [2.05, 4.69) is 5.32 Å². The first kappa shape index (κ1) is 15.1. The minimum atomic E-state index is -0.128. The van der Waals surface area contributed by atoms with Crippen LogP contribution in [0.5, 0.6) is 5.75 Å². The van der Waals surface area contributed by atoms with Crippen LogP contribution in [0.15, 0.2) is 66.7 Å². The summed E-state index contributed by atoms with van der Waals surface area (Å²) in [6, 6.07) is 21.1. The number of benzene rings is 3. The molecule has 0 aromatic heterocycles. The molecular formula is C20H19NO2. The second kappa shape index (κ2) is 6.53. The van der Waals surface area contributed by atoms with E-state index in [0.717, 1.165) is 22.2 Å². The fourth-order valence-corrected chi connectivity index (χ4v) is 2.43. The first-order valence-corrected chi connectivity index (χ1v) is 7.69. The van der Waals surface area contributed by atoms with Crippen molar-refractivity contribution in [3.05, 3.63) is 72.3 Å². The number of amides is 1. The largest absolute Gasteiger partial charge is 0.491 e. The number of hydrogen-bond donors (Lipinski definition) is 1. The molecule has 0 saturated carbocycles. The zero-order valence-corrected chi connectivity index (χ0v) is 13.2. The van der Waals surface area contributed by atoms with Crippen LogP contribution in [-0.4, -0.2) is 12.0 Å². The standard InChI is InChI=1S/C20H19NO2/c1-14(2)23-19-11-8-16(9-12-19)20(22)21-18-10-7-15-5-3-4-6-17(15)13-18/h3-14H,1-2H3,(H,21,22). The highest BCUT2D eigenvalue weighted by Gasteiger charge is 2.07. The van der Waals surface area contributed by atoms with Gasteiger partial charge in [-0.2, -0.15) is 0 Å². The molecular weight excluding hydrogens is 286 g/mol. The predicted octanol–water partition coefficient (Wildman–Crippen LogP) is 4.88. The lowest BCUT2D eigenvalue weighted by Gasteiger charge is -2.10. The highest BCUT2D eigenvalue weighted by atomic mass is 16.5. The van der Waals surface area contributed by atoms with E-state index in [0.29, 0.717) is 5.56 Å². The molecule has 0 atom stereocenters. The minimum Gasteiger partial charge on any atom is -0.491 e. The van der Waals surface area contributed by atoms with Gasteiger partial charge in [0.15, 0.2) is 0 Å². The second-order valence-electron chi connectivity index (χ2n) is 5.71. The minimum absolute atomic E-state index is 0.118. The normalized spacial score (nSPS) is 10.7. The van der Waals surface area contributed by atoms with Crippen molar-refractivity contribution in [1.82, 2.24) is 0 Å². The number of anilines is 1. The van der Waals surface area contributed by atoms with Crippen LogP contribution in [0.2, 0.25) is 0 Å². The van der Waals surface area contributed by atoms with Crippen LogP contribution in [0.1, 0.15) is 24.2 Å². The summed E-state index contributed by atoms with van der Waals surface area (Å²) in [5, 5.41) is 5.19. The van der Waals surface area contributed by atoms with E-state index < -0.39 is 0 Å². The molecule has 0 unspecified atom stereocenters. The molecule has 3 aromatic carbocycles. The molecule has 3 nitrogen and oxygen atoms in total. The van der Waals surface area contributed by atoms with E-state index in [1.807, 2.05) is 68.4 Å². The van der Waals surface area contributed by atoms with Gasteiger partial charge in [0.05, 0.1) is 6.10 Å². The second-order valence-corrected chi connectivity index (χ2v) is 5.71. The molecule has 0 radical (unpaired) electrons. The average molecular weight is 305 g/mol. The maximum absolute atomic E-state index is 12.3. The Morgan fingerprint density at radius 1 is 0.913 bits per heavy atom. The van der Waals surface area contributed by atoms with E-state index in [9.17, 15) is 4.79 Å². The Balaban J connectivity index is 1.74. The van der Waals surface area contributed by atoms with Crippen molar-refractivity contribution in [3.8, 4) is 5.75 Å². The molecule has 23 heavy (non-hydrogen) atoms. The fourth-order valence-electron chi connectivity index (χ4n) is 2.43. The number of carbonyl (C=O) groups excluding carboxylic acids is 1. The van der Waals surface area contributed by atoms with Gasteiger partial charge in [-0.1, -0.05) is 30.3 Å². The van der Waals surface area contributed by atoms with Crippen LogP contribution in [-0.2, 0) is 0 Å². The zero-order chi connectivity index (χ0) is 16.2. The number of hydrogen-bond acceptors (Lipinski definition) is 2. The monoisotopic (exact) mass is 305 g/mol. The molecule has 116 valence electrons. The maximum Gasteiger partial charge on any atom is 0.255 e. The quantitative estimate of drug-likeness (QED) is 0.746. The van der Waals surface area contributed by atoms with Crippen LogP contribution in [0.3, 0.4) is 0 Å². The van der Waals surface area contributed by atoms with Gasteiger partial charge in [0.25, 0.3) is 5.91 Å². The maximum atomic E-state index is 12.3.